The zero-order valence-corrected chi connectivity index (χ0v) is 11.1. The Kier molecular flexibility index (Phi) is 8.55. The molecule has 0 aromatic carbocycles. The lowest BCUT2D eigenvalue weighted by Gasteiger charge is -2.11. The lowest BCUT2D eigenvalue weighted by molar-refractivity contribution is 1.30. The maximum absolute atomic E-state index is 5.64. The number of hydrogen-bond donors (Lipinski definition) is 0. The summed E-state index contributed by atoms with van der Waals surface area (Å²) in [5.74, 6) is 0.517. The molecule has 0 aromatic rings. The Hall–Kier alpha value is 1.88. The summed E-state index contributed by atoms with van der Waals surface area (Å²) in [5, 5.41) is 0.261. The van der Waals surface area contributed by atoms with Gasteiger partial charge >= 0.3 is 0 Å². The van der Waals surface area contributed by atoms with E-state index in [1.807, 2.05) is 0 Å². The van der Waals surface area contributed by atoms with Crippen LogP contribution in [0.2, 0.25) is 5.16 Å². The number of rotatable bonds is 5. The van der Waals surface area contributed by atoms with Crippen LogP contribution >= 0.6 is 58.0 Å². The molecule has 0 saturated carbocycles. The molecular formula is C4H5Cl5Si2. The first-order valence-corrected chi connectivity index (χ1v) is 7.29. The van der Waals surface area contributed by atoms with Gasteiger partial charge in [-0.05, 0) is 5.16 Å². The van der Waals surface area contributed by atoms with Crippen molar-refractivity contribution in [3.8, 4) is 0 Å². The van der Waals surface area contributed by atoms with E-state index in [1.165, 1.54) is 0 Å². The molecule has 0 saturated heterocycles. The molecule has 0 aliphatic heterocycles. The third-order valence-corrected chi connectivity index (χ3v) is 5.86. The highest BCUT2D eigenvalue weighted by Gasteiger charge is 2.17. The lowest BCUT2D eigenvalue weighted by atomic mass is 10.9. The summed E-state index contributed by atoms with van der Waals surface area (Å²) in [6, 6.07) is 0. The second-order valence-electron chi connectivity index (χ2n) is 1.64. The van der Waals surface area contributed by atoms with Gasteiger partial charge in [0.15, 0.2) is 0 Å². The van der Waals surface area contributed by atoms with Crippen molar-refractivity contribution in [3.05, 3.63) is 0 Å². The molecular weight excluding hydrogens is 281 g/mol. The van der Waals surface area contributed by atoms with Gasteiger partial charge in [-0.3, -0.25) is 0 Å². The molecule has 0 unspecified atom stereocenters. The van der Waals surface area contributed by atoms with Gasteiger partial charge in [-0.15, -0.1) is 58.0 Å². The van der Waals surface area contributed by atoms with Crippen LogP contribution in [0.25, 0.3) is 0 Å². The first kappa shape index (κ1) is 12.9. The Labute approximate surface area is 96.5 Å². The molecule has 0 rings (SSSR count). The van der Waals surface area contributed by atoms with Crippen LogP contribution in [0.1, 0.15) is 0 Å². The van der Waals surface area contributed by atoms with E-state index in [9.17, 15) is 0 Å². The van der Waals surface area contributed by atoms with Crippen LogP contribution in [0.4, 0.5) is 0 Å². The third-order valence-electron chi connectivity index (χ3n) is 0.809. The molecule has 0 atom stereocenters. The van der Waals surface area contributed by atoms with Crippen molar-refractivity contribution in [2.75, 3.05) is 5.88 Å². The first-order valence-electron chi connectivity index (χ1n) is 2.70. The highest BCUT2D eigenvalue weighted by molar-refractivity contribution is 6.80. The van der Waals surface area contributed by atoms with E-state index >= 15 is 0 Å². The molecule has 64 valence electrons. The fourth-order valence-corrected chi connectivity index (χ4v) is 6.24. The van der Waals surface area contributed by atoms with Crippen LogP contribution in [0.15, 0.2) is 0 Å². The van der Waals surface area contributed by atoms with Crippen molar-refractivity contribution < 1.29 is 0 Å². The Morgan fingerprint density at radius 3 is 1.45 bits per heavy atom. The normalized spacial score (nSPS) is 12.0. The minimum atomic E-state index is -0.349. The predicted octanol–water partition coefficient (Wildman–Crippen LogP) is 2.90. The second kappa shape index (κ2) is 7.30. The molecule has 11 heavy (non-hydrogen) atoms. The topological polar surface area (TPSA) is 0 Å². The fraction of sp³-hybridized carbons (Fsp3) is 1.00. The minimum Gasteiger partial charge on any atom is -0.127 e. The van der Waals surface area contributed by atoms with Gasteiger partial charge in [0.05, 0.1) is 28.0 Å². The smallest absolute Gasteiger partial charge is 0.0929 e. The molecule has 7 heteroatoms. The number of halogens is 5. The van der Waals surface area contributed by atoms with E-state index in [1.54, 1.807) is 0 Å². The summed E-state index contributed by atoms with van der Waals surface area (Å²) in [6.07, 6.45) is 0. The van der Waals surface area contributed by atoms with Gasteiger partial charge in [0.25, 0.3) is 0 Å². The maximum Gasteiger partial charge on any atom is 0.0929 e. The molecule has 0 spiro atoms. The van der Waals surface area contributed by atoms with Gasteiger partial charge in [0.1, 0.15) is 0 Å². The molecule has 0 aromatic heterocycles. The summed E-state index contributed by atoms with van der Waals surface area (Å²) < 4.78 is -0.698. The maximum atomic E-state index is 5.64. The van der Waals surface area contributed by atoms with E-state index in [4.69, 9.17) is 58.0 Å². The summed E-state index contributed by atoms with van der Waals surface area (Å²) >= 11 is 27.9. The van der Waals surface area contributed by atoms with E-state index in [0.29, 0.717) is 24.9 Å². The molecule has 0 fully saturated rings. The number of hydrogen-bond acceptors (Lipinski definition) is 0. The standard InChI is InChI=1S/C4H5Cl5Si2/c5-1-2(10-3(6)7)11-4(8)9/h2-4H,1H2. The Morgan fingerprint density at radius 2 is 1.27 bits per heavy atom. The summed E-state index contributed by atoms with van der Waals surface area (Å²) in [4.78, 5) is 0. The molecule has 0 aliphatic rings. The van der Waals surface area contributed by atoms with Crippen molar-refractivity contribution in [2.24, 2.45) is 0 Å². The van der Waals surface area contributed by atoms with Crippen LogP contribution in [0, 0.1) is 0 Å². The lowest BCUT2D eigenvalue weighted by Crippen LogP contribution is -2.22. The van der Waals surface area contributed by atoms with Crippen LogP contribution in [-0.2, 0) is 0 Å². The molecule has 0 bridgehead atoms. The first-order chi connectivity index (χ1) is 5.06. The van der Waals surface area contributed by atoms with E-state index < -0.39 is 0 Å². The predicted molar refractivity (Wildman–Crippen MR) is 57.0 cm³/mol. The summed E-state index contributed by atoms with van der Waals surface area (Å²) in [7, 11) is 0.830. The van der Waals surface area contributed by atoms with Gasteiger partial charge < -0.3 is 0 Å². The van der Waals surface area contributed by atoms with Crippen molar-refractivity contribution in [1.82, 2.24) is 0 Å². The molecule has 4 radical (unpaired) electrons. The summed E-state index contributed by atoms with van der Waals surface area (Å²) in [5.41, 5.74) is 0. The average molecular weight is 287 g/mol. The Balaban J connectivity index is 3.58. The van der Waals surface area contributed by atoms with E-state index in [0.717, 1.165) is 0 Å². The highest BCUT2D eigenvalue weighted by Crippen LogP contribution is 2.15. The van der Waals surface area contributed by atoms with Gasteiger partial charge in [0, 0.05) is 5.88 Å². The minimum absolute atomic E-state index is 0.261. The Bertz CT molecular complexity index is 88.5. The van der Waals surface area contributed by atoms with E-state index in [-0.39, 0.29) is 14.1 Å². The molecule has 0 amide bonds. The number of alkyl halides is 5. The van der Waals surface area contributed by atoms with Gasteiger partial charge in [0.2, 0.25) is 0 Å². The summed E-state index contributed by atoms with van der Waals surface area (Å²) in [6.45, 7) is 0. The van der Waals surface area contributed by atoms with Crippen LogP contribution in [0.5, 0.6) is 0 Å². The average Bonchev–Trinajstić information content (AvgIpc) is 1.84. The molecule has 0 nitrogen and oxygen atoms in total. The third kappa shape index (κ3) is 8.22. The van der Waals surface area contributed by atoms with E-state index in [2.05, 4.69) is 0 Å². The highest BCUT2D eigenvalue weighted by atomic mass is 35.5. The quantitative estimate of drug-likeness (QED) is 0.538. The Morgan fingerprint density at radius 1 is 0.909 bits per heavy atom. The van der Waals surface area contributed by atoms with Crippen LogP contribution in [-0.4, -0.2) is 33.8 Å². The van der Waals surface area contributed by atoms with Crippen molar-refractivity contribution in [3.63, 3.8) is 0 Å². The van der Waals surface area contributed by atoms with Gasteiger partial charge in [-0.25, -0.2) is 0 Å². The zero-order valence-electron chi connectivity index (χ0n) is 5.33. The largest absolute Gasteiger partial charge is 0.127 e. The fourth-order valence-electron chi connectivity index (χ4n) is 0.441. The van der Waals surface area contributed by atoms with Crippen molar-refractivity contribution in [1.29, 1.82) is 0 Å². The van der Waals surface area contributed by atoms with Crippen molar-refractivity contribution >= 4 is 77.0 Å². The zero-order chi connectivity index (χ0) is 8.85. The molecule has 0 heterocycles. The van der Waals surface area contributed by atoms with Crippen LogP contribution in [0.3, 0.4) is 0 Å². The monoisotopic (exact) mass is 284 g/mol. The molecule has 0 aliphatic carbocycles. The van der Waals surface area contributed by atoms with Crippen molar-refractivity contribution in [2.45, 2.75) is 14.1 Å². The van der Waals surface area contributed by atoms with Crippen LogP contribution < -0.4 is 0 Å². The second-order valence-corrected chi connectivity index (χ2v) is 9.40. The van der Waals surface area contributed by atoms with Gasteiger partial charge in [-0.2, -0.15) is 0 Å². The molecule has 0 N–H and O–H groups in total. The van der Waals surface area contributed by atoms with Gasteiger partial charge in [-0.1, -0.05) is 0 Å². The SMILES string of the molecule is ClCC([Si]C(Cl)Cl)[Si]C(Cl)Cl.